The van der Waals surface area contributed by atoms with E-state index in [1.807, 2.05) is 13.8 Å². The third-order valence-electron chi connectivity index (χ3n) is 4.62. The number of carbonyl (C=O) groups is 2. The number of aromatic nitrogens is 3. The summed E-state index contributed by atoms with van der Waals surface area (Å²) in [5.41, 5.74) is 0.414. The molecule has 2 aromatic rings. The number of carboxylic acids is 1. The van der Waals surface area contributed by atoms with Crippen molar-refractivity contribution in [2.45, 2.75) is 52.4 Å². The van der Waals surface area contributed by atoms with Gasteiger partial charge >= 0.3 is 5.97 Å². The molecule has 2 atom stereocenters. The molecule has 3 rings (SSSR count). The molecule has 1 aliphatic heterocycles. The number of nitrogens with zero attached hydrogens (tertiary/aromatic N) is 4. The van der Waals surface area contributed by atoms with Gasteiger partial charge in [0, 0.05) is 5.56 Å². The standard InChI is InChI=1S/C18H22N4O4/c1-4-11(2)26-14-7-5-13(6-8-14)17(23)22-10-16-20-19-12(3)21(16)9-15(22)18(24)25/h5-8,11,15H,4,9-10H2,1-3H3,(H,24,25). The van der Waals surface area contributed by atoms with Crippen molar-refractivity contribution in [2.24, 2.45) is 0 Å². The van der Waals surface area contributed by atoms with E-state index in [0.29, 0.717) is 23.0 Å². The molecule has 0 radical (unpaired) electrons. The minimum absolute atomic E-state index is 0.0876. The number of fused-ring (bicyclic) bond motifs is 1. The van der Waals surface area contributed by atoms with E-state index in [0.717, 1.165) is 6.42 Å². The lowest BCUT2D eigenvalue weighted by Gasteiger charge is -2.33. The Balaban J connectivity index is 1.82. The fourth-order valence-electron chi connectivity index (χ4n) is 2.90. The second kappa shape index (κ2) is 7.15. The van der Waals surface area contributed by atoms with Crippen LogP contribution in [0.25, 0.3) is 0 Å². The van der Waals surface area contributed by atoms with E-state index in [-0.39, 0.29) is 25.1 Å². The zero-order valence-corrected chi connectivity index (χ0v) is 15.0. The zero-order chi connectivity index (χ0) is 18.8. The molecule has 0 bridgehead atoms. The first-order valence-electron chi connectivity index (χ1n) is 8.59. The lowest BCUT2D eigenvalue weighted by atomic mass is 10.1. The molecular weight excluding hydrogens is 336 g/mol. The molecule has 26 heavy (non-hydrogen) atoms. The van der Waals surface area contributed by atoms with Gasteiger partial charge in [0.05, 0.1) is 19.2 Å². The summed E-state index contributed by atoms with van der Waals surface area (Å²) in [7, 11) is 0. The Hall–Kier alpha value is -2.90. The number of benzene rings is 1. The minimum atomic E-state index is -1.05. The summed E-state index contributed by atoms with van der Waals surface area (Å²) in [4.78, 5) is 25.9. The average Bonchev–Trinajstić information content (AvgIpc) is 3.00. The third-order valence-corrected chi connectivity index (χ3v) is 4.62. The average molecular weight is 358 g/mol. The maximum atomic E-state index is 12.9. The van der Waals surface area contributed by atoms with Crippen LogP contribution < -0.4 is 4.74 Å². The van der Waals surface area contributed by atoms with Gasteiger partial charge in [-0.25, -0.2) is 4.79 Å². The number of carboxylic acid groups (broad SMARTS) is 1. The molecule has 2 unspecified atom stereocenters. The third kappa shape index (κ3) is 3.40. The Morgan fingerprint density at radius 2 is 2.00 bits per heavy atom. The summed E-state index contributed by atoms with van der Waals surface area (Å²) in [6.07, 6.45) is 0.971. The van der Waals surface area contributed by atoms with Crippen molar-refractivity contribution in [1.29, 1.82) is 0 Å². The van der Waals surface area contributed by atoms with Gasteiger partial charge in [0.15, 0.2) is 5.82 Å². The van der Waals surface area contributed by atoms with Gasteiger partial charge in [-0.15, -0.1) is 10.2 Å². The molecule has 0 saturated heterocycles. The van der Waals surface area contributed by atoms with E-state index in [9.17, 15) is 14.7 Å². The van der Waals surface area contributed by atoms with Gasteiger partial charge < -0.3 is 19.3 Å². The van der Waals surface area contributed by atoms with Crippen molar-refractivity contribution in [3.8, 4) is 5.75 Å². The van der Waals surface area contributed by atoms with Crippen LogP contribution in [0.2, 0.25) is 0 Å². The number of aliphatic carboxylic acids is 1. The first-order valence-corrected chi connectivity index (χ1v) is 8.59. The van der Waals surface area contributed by atoms with Gasteiger partial charge in [-0.2, -0.15) is 0 Å². The highest BCUT2D eigenvalue weighted by Crippen LogP contribution is 2.22. The number of rotatable bonds is 5. The van der Waals surface area contributed by atoms with Crippen LogP contribution in [-0.4, -0.2) is 48.8 Å². The van der Waals surface area contributed by atoms with Crippen LogP contribution >= 0.6 is 0 Å². The van der Waals surface area contributed by atoms with Crippen LogP contribution in [0.1, 0.15) is 42.3 Å². The second-order valence-corrected chi connectivity index (χ2v) is 6.42. The fourth-order valence-corrected chi connectivity index (χ4v) is 2.90. The number of hydrogen-bond donors (Lipinski definition) is 1. The number of aryl methyl sites for hydroxylation is 1. The molecule has 1 aromatic carbocycles. The SMILES string of the molecule is CCC(C)Oc1ccc(C(=O)N2Cc3nnc(C)n3CC2C(=O)O)cc1. The predicted octanol–water partition coefficient (Wildman–Crippen LogP) is 1.87. The molecule has 0 spiro atoms. The molecule has 0 aliphatic carbocycles. The van der Waals surface area contributed by atoms with Crippen molar-refractivity contribution >= 4 is 11.9 Å². The molecule has 138 valence electrons. The smallest absolute Gasteiger partial charge is 0.328 e. The van der Waals surface area contributed by atoms with Crippen LogP contribution in [0.3, 0.4) is 0 Å². The molecular formula is C18H22N4O4. The number of amides is 1. The lowest BCUT2D eigenvalue weighted by Crippen LogP contribution is -2.50. The number of hydrogen-bond acceptors (Lipinski definition) is 5. The molecule has 1 aromatic heterocycles. The monoisotopic (exact) mass is 358 g/mol. The highest BCUT2D eigenvalue weighted by molar-refractivity contribution is 5.96. The maximum absolute atomic E-state index is 12.9. The topological polar surface area (TPSA) is 97.5 Å². The Bertz CT molecular complexity index is 815. The molecule has 1 N–H and O–H groups in total. The molecule has 0 fully saturated rings. The van der Waals surface area contributed by atoms with E-state index >= 15 is 0 Å². The molecule has 2 heterocycles. The van der Waals surface area contributed by atoms with Crippen LogP contribution in [0.5, 0.6) is 5.75 Å². The van der Waals surface area contributed by atoms with Crippen LogP contribution in [0.15, 0.2) is 24.3 Å². The van der Waals surface area contributed by atoms with Crippen molar-refractivity contribution < 1.29 is 19.4 Å². The Labute approximate surface area is 151 Å². The van der Waals surface area contributed by atoms with Gasteiger partial charge in [0.2, 0.25) is 0 Å². The first-order chi connectivity index (χ1) is 12.4. The van der Waals surface area contributed by atoms with Gasteiger partial charge in [-0.3, -0.25) is 4.79 Å². The zero-order valence-electron chi connectivity index (χ0n) is 15.0. The summed E-state index contributed by atoms with van der Waals surface area (Å²) in [5, 5.41) is 17.6. The predicted molar refractivity (Wildman–Crippen MR) is 92.9 cm³/mol. The Morgan fingerprint density at radius 3 is 2.62 bits per heavy atom. The van der Waals surface area contributed by atoms with E-state index in [4.69, 9.17) is 4.74 Å². The summed E-state index contributed by atoms with van der Waals surface area (Å²) in [6.45, 7) is 6.03. The van der Waals surface area contributed by atoms with Crippen molar-refractivity contribution in [1.82, 2.24) is 19.7 Å². The van der Waals surface area contributed by atoms with Crippen LogP contribution in [0.4, 0.5) is 0 Å². The summed E-state index contributed by atoms with van der Waals surface area (Å²) < 4.78 is 7.45. The van der Waals surface area contributed by atoms with E-state index < -0.39 is 12.0 Å². The minimum Gasteiger partial charge on any atom is -0.491 e. The van der Waals surface area contributed by atoms with Gasteiger partial charge in [0.1, 0.15) is 17.6 Å². The molecule has 8 heteroatoms. The maximum Gasteiger partial charge on any atom is 0.328 e. The van der Waals surface area contributed by atoms with Crippen molar-refractivity contribution in [3.63, 3.8) is 0 Å². The van der Waals surface area contributed by atoms with E-state index in [1.165, 1.54) is 4.90 Å². The molecule has 8 nitrogen and oxygen atoms in total. The fraction of sp³-hybridized carbons (Fsp3) is 0.444. The number of carbonyl (C=O) groups excluding carboxylic acids is 1. The molecule has 0 saturated carbocycles. The van der Waals surface area contributed by atoms with Crippen LogP contribution in [0, 0.1) is 6.92 Å². The van der Waals surface area contributed by atoms with Gasteiger partial charge in [-0.05, 0) is 44.5 Å². The second-order valence-electron chi connectivity index (χ2n) is 6.42. The van der Waals surface area contributed by atoms with Crippen molar-refractivity contribution in [3.05, 3.63) is 41.5 Å². The quantitative estimate of drug-likeness (QED) is 0.876. The van der Waals surface area contributed by atoms with Crippen molar-refractivity contribution in [2.75, 3.05) is 0 Å². The van der Waals surface area contributed by atoms with E-state index in [2.05, 4.69) is 10.2 Å². The summed E-state index contributed by atoms with van der Waals surface area (Å²) in [5.74, 6) is 0.517. The summed E-state index contributed by atoms with van der Waals surface area (Å²) >= 11 is 0. The summed E-state index contributed by atoms with van der Waals surface area (Å²) in [6, 6.07) is 5.81. The lowest BCUT2D eigenvalue weighted by molar-refractivity contribution is -0.143. The highest BCUT2D eigenvalue weighted by Gasteiger charge is 2.36. The van der Waals surface area contributed by atoms with Crippen LogP contribution in [-0.2, 0) is 17.9 Å². The van der Waals surface area contributed by atoms with Gasteiger partial charge in [-0.1, -0.05) is 6.92 Å². The Kier molecular flexibility index (Phi) is 4.92. The van der Waals surface area contributed by atoms with E-state index in [1.54, 1.807) is 35.8 Å². The molecule has 1 aliphatic rings. The normalized spacial score (nSPS) is 17.5. The molecule has 1 amide bonds. The van der Waals surface area contributed by atoms with Gasteiger partial charge in [0.25, 0.3) is 5.91 Å². The highest BCUT2D eigenvalue weighted by atomic mass is 16.5. The largest absolute Gasteiger partial charge is 0.491 e. The first kappa shape index (κ1) is 17.9. The Morgan fingerprint density at radius 1 is 1.31 bits per heavy atom. The number of ether oxygens (including phenoxy) is 1.